The van der Waals surface area contributed by atoms with Gasteiger partial charge in [-0.15, -0.1) is 0 Å². The van der Waals surface area contributed by atoms with E-state index in [1.54, 1.807) is 6.07 Å². The first-order valence-electron chi connectivity index (χ1n) is 10.0. The maximum Gasteiger partial charge on any atom is 0.407 e. The Kier molecular flexibility index (Phi) is 5.02. The van der Waals surface area contributed by atoms with Crippen LogP contribution in [-0.4, -0.2) is 41.4 Å². The van der Waals surface area contributed by atoms with E-state index in [4.69, 9.17) is 4.74 Å². The fraction of sp³-hybridized carbons (Fsp3) is 0.524. The molecule has 0 radical (unpaired) electrons. The Morgan fingerprint density at radius 1 is 1.31 bits per heavy atom. The van der Waals surface area contributed by atoms with Crippen molar-refractivity contribution in [3.63, 3.8) is 0 Å². The van der Waals surface area contributed by atoms with Crippen LogP contribution < -0.4 is 10.6 Å². The molecule has 1 unspecified atom stereocenters. The molecule has 1 atom stereocenters. The number of alkyl carbamates (subject to hydrolysis) is 1. The molecule has 0 aromatic heterocycles. The Morgan fingerprint density at radius 3 is 2.83 bits per heavy atom. The van der Waals surface area contributed by atoms with Gasteiger partial charge in [0.1, 0.15) is 6.04 Å². The van der Waals surface area contributed by atoms with Crippen molar-refractivity contribution in [2.24, 2.45) is 5.41 Å². The number of ether oxygens (including phenoxy) is 1. The van der Waals surface area contributed by atoms with Crippen molar-refractivity contribution >= 4 is 23.8 Å². The minimum atomic E-state index is -0.627. The third kappa shape index (κ3) is 4.26. The predicted octanol–water partition coefficient (Wildman–Crippen LogP) is 1.86. The Morgan fingerprint density at radius 2 is 2.10 bits per heavy atom. The van der Waals surface area contributed by atoms with Crippen LogP contribution in [0, 0.1) is 5.41 Å². The summed E-state index contributed by atoms with van der Waals surface area (Å²) in [6.45, 7) is 3.20. The molecule has 1 saturated heterocycles. The molecule has 3 aliphatic rings. The number of carbonyl (C=O) groups is 4. The number of hydrogen-bond donors (Lipinski definition) is 2. The lowest BCUT2D eigenvalue weighted by molar-refractivity contribution is -0.136. The first-order chi connectivity index (χ1) is 13.8. The van der Waals surface area contributed by atoms with E-state index in [0.717, 1.165) is 17.5 Å². The summed E-state index contributed by atoms with van der Waals surface area (Å²) in [6.07, 6.45) is 3.36. The Balaban J connectivity index is 1.32. The van der Waals surface area contributed by atoms with Crippen molar-refractivity contribution in [1.29, 1.82) is 0 Å². The van der Waals surface area contributed by atoms with Gasteiger partial charge in [0.2, 0.25) is 11.8 Å². The number of benzene rings is 1. The number of carbonyl (C=O) groups excluding carboxylic acids is 4. The van der Waals surface area contributed by atoms with Crippen molar-refractivity contribution < 1.29 is 23.9 Å². The van der Waals surface area contributed by atoms with Crippen LogP contribution in [0.2, 0.25) is 0 Å². The molecule has 4 rings (SSSR count). The van der Waals surface area contributed by atoms with Crippen LogP contribution >= 0.6 is 0 Å². The molecule has 2 N–H and O–H groups in total. The van der Waals surface area contributed by atoms with E-state index in [0.29, 0.717) is 30.6 Å². The molecule has 29 heavy (non-hydrogen) atoms. The summed E-state index contributed by atoms with van der Waals surface area (Å²) in [5, 5.41) is 5.00. The highest BCUT2D eigenvalue weighted by molar-refractivity contribution is 6.05. The van der Waals surface area contributed by atoms with Gasteiger partial charge >= 0.3 is 6.09 Å². The van der Waals surface area contributed by atoms with Crippen molar-refractivity contribution in [3.8, 4) is 0 Å². The minimum absolute atomic E-state index is 0.225. The number of amides is 4. The lowest BCUT2D eigenvalue weighted by Crippen LogP contribution is -2.52. The van der Waals surface area contributed by atoms with Gasteiger partial charge in [-0.2, -0.15) is 0 Å². The number of nitrogens with one attached hydrogen (secondary N) is 2. The summed E-state index contributed by atoms with van der Waals surface area (Å²) in [7, 11) is 0. The smallest absolute Gasteiger partial charge is 0.407 e. The van der Waals surface area contributed by atoms with Crippen LogP contribution in [0.4, 0.5) is 4.79 Å². The van der Waals surface area contributed by atoms with E-state index in [-0.39, 0.29) is 24.8 Å². The van der Waals surface area contributed by atoms with Gasteiger partial charge in [-0.05, 0) is 48.3 Å². The summed E-state index contributed by atoms with van der Waals surface area (Å²) in [5.74, 6) is -0.953. The fourth-order valence-electron chi connectivity index (χ4n) is 3.79. The average molecular weight is 399 g/mol. The van der Waals surface area contributed by atoms with Crippen LogP contribution in [0.3, 0.4) is 0 Å². The van der Waals surface area contributed by atoms with Gasteiger partial charge in [-0.3, -0.25) is 19.7 Å². The summed E-state index contributed by atoms with van der Waals surface area (Å²) < 4.78 is 5.21. The van der Waals surface area contributed by atoms with E-state index in [2.05, 4.69) is 17.6 Å². The first kappa shape index (κ1) is 19.4. The highest BCUT2D eigenvalue weighted by Crippen LogP contribution is 2.47. The van der Waals surface area contributed by atoms with Crippen molar-refractivity contribution in [1.82, 2.24) is 15.5 Å². The second-order valence-corrected chi connectivity index (χ2v) is 8.44. The molecule has 4 amide bonds. The molecule has 2 fully saturated rings. The molecular formula is C21H25N3O5. The normalized spacial score (nSPS) is 22.2. The zero-order valence-electron chi connectivity index (χ0n) is 16.5. The van der Waals surface area contributed by atoms with Gasteiger partial charge in [0.25, 0.3) is 5.91 Å². The fourth-order valence-corrected chi connectivity index (χ4v) is 3.79. The van der Waals surface area contributed by atoms with Crippen LogP contribution in [-0.2, 0) is 27.4 Å². The highest BCUT2D eigenvalue weighted by Gasteiger charge is 2.39. The summed E-state index contributed by atoms with van der Waals surface area (Å²) in [6, 6.07) is 4.81. The largest absolute Gasteiger partial charge is 0.450 e. The van der Waals surface area contributed by atoms with Gasteiger partial charge in [-0.1, -0.05) is 19.1 Å². The lowest BCUT2D eigenvalue weighted by Gasteiger charge is -2.29. The van der Waals surface area contributed by atoms with Crippen molar-refractivity contribution in [3.05, 3.63) is 34.9 Å². The maximum atomic E-state index is 12.8. The van der Waals surface area contributed by atoms with E-state index in [1.165, 1.54) is 17.7 Å². The van der Waals surface area contributed by atoms with Crippen LogP contribution in [0.5, 0.6) is 0 Å². The van der Waals surface area contributed by atoms with Crippen molar-refractivity contribution in [2.75, 3.05) is 6.61 Å². The van der Waals surface area contributed by atoms with Crippen LogP contribution in [0.15, 0.2) is 18.2 Å². The zero-order chi connectivity index (χ0) is 20.6. The van der Waals surface area contributed by atoms with Gasteiger partial charge in [0, 0.05) is 25.1 Å². The first-order valence-corrected chi connectivity index (χ1v) is 10.0. The number of hydrogen-bond acceptors (Lipinski definition) is 5. The number of piperidine rings is 1. The Labute approximate surface area is 169 Å². The SMILES string of the molecule is CC1(CCOC(=O)NCc2ccc3c(c2)C(=O)N(C2CCC(=O)NC2=O)C3)CC1. The molecule has 1 aliphatic carbocycles. The molecule has 8 heteroatoms. The number of rotatable bonds is 6. The molecule has 154 valence electrons. The molecule has 1 aromatic carbocycles. The molecule has 1 saturated carbocycles. The molecular weight excluding hydrogens is 374 g/mol. The molecule has 2 aliphatic heterocycles. The monoisotopic (exact) mass is 399 g/mol. The van der Waals surface area contributed by atoms with E-state index in [9.17, 15) is 19.2 Å². The quantitative estimate of drug-likeness (QED) is 0.711. The Bertz CT molecular complexity index is 877. The zero-order valence-corrected chi connectivity index (χ0v) is 16.5. The van der Waals surface area contributed by atoms with E-state index >= 15 is 0 Å². The van der Waals surface area contributed by atoms with Gasteiger partial charge < -0.3 is 15.0 Å². The molecule has 0 bridgehead atoms. The molecule has 2 heterocycles. The second-order valence-electron chi connectivity index (χ2n) is 8.44. The molecule has 8 nitrogen and oxygen atoms in total. The van der Waals surface area contributed by atoms with Gasteiger partial charge in [0.15, 0.2) is 0 Å². The lowest BCUT2D eigenvalue weighted by atomic mass is 10.0. The summed E-state index contributed by atoms with van der Waals surface area (Å²) >= 11 is 0. The third-order valence-corrected chi connectivity index (χ3v) is 6.07. The van der Waals surface area contributed by atoms with Crippen LogP contribution in [0.1, 0.15) is 60.5 Å². The molecule has 1 aromatic rings. The standard InChI is InChI=1S/C21H25N3O5/c1-21(6-7-21)8-9-29-20(28)22-11-13-2-3-14-12-24(19(27)15(14)10-13)16-4-5-17(25)23-18(16)26/h2-3,10,16H,4-9,11-12H2,1H3,(H,22,28)(H,23,25,26). The van der Waals surface area contributed by atoms with Crippen molar-refractivity contribution in [2.45, 2.75) is 58.2 Å². The average Bonchev–Trinajstić information content (AvgIpc) is 3.33. The third-order valence-electron chi connectivity index (χ3n) is 6.07. The minimum Gasteiger partial charge on any atom is -0.450 e. The topological polar surface area (TPSA) is 105 Å². The van der Waals surface area contributed by atoms with E-state index < -0.39 is 18.0 Å². The maximum absolute atomic E-state index is 12.8. The summed E-state index contributed by atoms with van der Waals surface area (Å²) in [5.41, 5.74) is 2.50. The van der Waals surface area contributed by atoms with Gasteiger partial charge in [-0.25, -0.2) is 4.79 Å². The Hall–Kier alpha value is -2.90. The predicted molar refractivity (Wildman–Crippen MR) is 103 cm³/mol. The number of nitrogens with zero attached hydrogens (tertiary/aromatic N) is 1. The van der Waals surface area contributed by atoms with Gasteiger partial charge in [0.05, 0.1) is 6.61 Å². The highest BCUT2D eigenvalue weighted by atomic mass is 16.5. The van der Waals surface area contributed by atoms with E-state index in [1.807, 2.05) is 12.1 Å². The summed E-state index contributed by atoms with van der Waals surface area (Å²) in [4.78, 5) is 49.6. The molecule has 0 spiro atoms. The number of fused-ring (bicyclic) bond motifs is 1. The van der Waals surface area contributed by atoms with Crippen LogP contribution in [0.25, 0.3) is 0 Å². The number of imide groups is 1. The second kappa shape index (κ2) is 7.50.